The maximum absolute atomic E-state index is 12.7. The predicted molar refractivity (Wildman–Crippen MR) is 84.8 cm³/mol. The van der Waals surface area contributed by atoms with E-state index in [0.717, 1.165) is 25.3 Å². The molecule has 134 valence electrons. The van der Waals surface area contributed by atoms with Gasteiger partial charge in [-0.3, -0.25) is 4.72 Å². The lowest BCUT2D eigenvalue weighted by atomic mass is 10.1. The lowest BCUT2D eigenvalue weighted by molar-refractivity contribution is -0.137. The molecule has 0 amide bonds. The molecule has 0 spiro atoms. The van der Waals surface area contributed by atoms with Gasteiger partial charge in [-0.05, 0) is 42.8 Å². The molecule has 0 aliphatic rings. The Balaban J connectivity index is 2.42. The Bertz CT molecular complexity index is 908. The average Bonchev–Trinajstić information content (AvgIpc) is 2.53. The second-order valence-electron chi connectivity index (χ2n) is 5.16. The molecular weight excluding hydrogens is 359 g/mol. The second kappa shape index (κ2) is 6.75. The number of nitrogens with one attached hydrogen (secondary N) is 1. The fourth-order valence-corrected chi connectivity index (χ4v) is 3.42. The third-order valence-electron chi connectivity index (χ3n) is 3.34. The third kappa shape index (κ3) is 4.30. The number of hydrogen-bond donors (Lipinski definition) is 1. The third-order valence-corrected chi connectivity index (χ3v) is 4.86. The number of hydrogen-bond acceptors (Lipinski definition) is 4. The minimum atomic E-state index is -4.60. The van der Waals surface area contributed by atoms with E-state index in [0.29, 0.717) is 11.6 Å². The molecule has 2 aromatic carbocycles. The van der Waals surface area contributed by atoms with Crippen molar-refractivity contribution in [1.29, 1.82) is 0 Å². The molecule has 0 aliphatic carbocycles. The Kier molecular flexibility index (Phi) is 5.07. The molecule has 0 bridgehead atoms. The van der Waals surface area contributed by atoms with Crippen LogP contribution in [0.1, 0.15) is 21.5 Å². The fourth-order valence-electron chi connectivity index (χ4n) is 2.10. The highest BCUT2D eigenvalue weighted by atomic mass is 32.2. The number of alkyl halides is 3. The normalized spacial score (nSPS) is 11.9. The van der Waals surface area contributed by atoms with Crippen LogP contribution in [0.2, 0.25) is 0 Å². The van der Waals surface area contributed by atoms with E-state index in [1.54, 1.807) is 0 Å². The summed E-state index contributed by atoms with van der Waals surface area (Å²) in [5.74, 6) is -0.726. The van der Waals surface area contributed by atoms with Crippen molar-refractivity contribution >= 4 is 21.7 Å². The molecule has 0 aromatic heterocycles. The van der Waals surface area contributed by atoms with E-state index in [2.05, 4.69) is 9.46 Å². The van der Waals surface area contributed by atoms with Gasteiger partial charge in [0.25, 0.3) is 10.0 Å². The Labute approximate surface area is 142 Å². The van der Waals surface area contributed by atoms with Crippen LogP contribution in [0.25, 0.3) is 0 Å². The van der Waals surface area contributed by atoms with Crippen LogP contribution < -0.4 is 4.72 Å². The molecule has 2 aromatic rings. The predicted octanol–water partition coefficient (Wildman–Crippen LogP) is 3.60. The number of carbonyl (C=O) groups is 1. The summed E-state index contributed by atoms with van der Waals surface area (Å²) in [4.78, 5) is 11.3. The molecule has 0 fully saturated rings. The van der Waals surface area contributed by atoms with Crippen LogP contribution >= 0.6 is 0 Å². The zero-order valence-electron chi connectivity index (χ0n) is 13.2. The Morgan fingerprint density at radius 3 is 2.40 bits per heavy atom. The van der Waals surface area contributed by atoms with Crippen molar-refractivity contribution < 1.29 is 31.1 Å². The molecule has 0 heterocycles. The number of ether oxygens (including phenoxy) is 1. The summed E-state index contributed by atoms with van der Waals surface area (Å²) >= 11 is 0. The number of sulfonamides is 1. The summed E-state index contributed by atoms with van der Waals surface area (Å²) in [6, 6.07) is 7.73. The summed E-state index contributed by atoms with van der Waals surface area (Å²) < 4.78 is 69.9. The quantitative estimate of drug-likeness (QED) is 0.831. The topological polar surface area (TPSA) is 72.5 Å². The summed E-state index contributed by atoms with van der Waals surface area (Å²) in [7, 11) is -3.05. The van der Waals surface area contributed by atoms with E-state index in [1.807, 2.05) is 0 Å². The first-order chi connectivity index (χ1) is 11.5. The van der Waals surface area contributed by atoms with E-state index < -0.39 is 27.7 Å². The van der Waals surface area contributed by atoms with E-state index in [4.69, 9.17) is 0 Å². The molecule has 25 heavy (non-hydrogen) atoms. The van der Waals surface area contributed by atoms with Crippen LogP contribution in [-0.4, -0.2) is 21.5 Å². The first kappa shape index (κ1) is 18.8. The largest absolute Gasteiger partial charge is 0.465 e. The van der Waals surface area contributed by atoms with Crippen molar-refractivity contribution in [3.63, 3.8) is 0 Å². The molecule has 0 radical (unpaired) electrons. The van der Waals surface area contributed by atoms with Crippen molar-refractivity contribution in [2.75, 3.05) is 11.8 Å². The lowest BCUT2D eigenvalue weighted by Crippen LogP contribution is -2.16. The summed E-state index contributed by atoms with van der Waals surface area (Å²) in [6.45, 7) is 1.50. The van der Waals surface area contributed by atoms with Gasteiger partial charge in [-0.1, -0.05) is 12.1 Å². The average molecular weight is 373 g/mol. The number of rotatable bonds is 4. The van der Waals surface area contributed by atoms with E-state index in [-0.39, 0.29) is 16.1 Å². The molecule has 1 N–H and O–H groups in total. The van der Waals surface area contributed by atoms with Crippen LogP contribution in [0.4, 0.5) is 18.9 Å². The van der Waals surface area contributed by atoms with Gasteiger partial charge in [-0.15, -0.1) is 0 Å². The molecule has 9 heteroatoms. The van der Waals surface area contributed by atoms with E-state index >= 15 is 0 Å². The lowest BCUT2D eigenvalue weighted by Gasteiger charge is -2.13. The van der Waals surface area contributed by atoms with Gasteiger partial charge in [0.05, 0.1) is 23.1 Å². The fraction of sp³-hybridized carbons (Fsp3) is 0.188. The Morgan fingerprint density at radius 2 is 1.80 bits per heavy atom. The van der Waals surface area contributed by atoms with Crippen molar-refractivity contribution in [3.05, 3.63) is 59.2 Å². The van der Waals surface area contributed by atoms with E-state index in [1.165, 1.54) is 25.1 Å². The van der Waals surface area contributed by atoms with Crippen molar-refractivity contribution in [3.8, 4) is 0 Å². The molecule has 0 saturated carbocycles. The zero-order chi connectivity index (χ0) is 18.8. The number of esters is 1. The van der Waals surface area contributed by atoms with Crippen molar-refractivity contribution in [2.24, 2.45) is 0 Å². The van der Waals surface area contributed by atoms with Crippen LogP contribution in [0.15, 0.2) is 47.4 Å². The highest BCUT2D eigenvalue weighted by Crippen LogP contribution is 2.31. The van der Waals surface area contributed by atoms with Gasteiger partial charge in [-0.25, -0.2) is 13.2 Å². The highest BCUT2D eigenvalue weighted by Gasteiger charge is 2.31. The number of halogens is 3. The van der Waals surface area contributed by atoms with Gasteiger partial charge in [0, 0.05) is 5.69 Å². The van der Waals surface area contributed by atoms with Gasteiger partial charge < -0.3 is 4.74 Å². The molecule has 5 nitrogen and oxygen atoms in total. The van der Waals surface area contributed by atoms with Crippen LogP contribution in [0.3, 0.4) is 0 Å². The number of carbonyl (C=O) groups excluding carboxylic acids is 1. The Hall–Kier alpha value is -2.55. The summed E-state index contributed by atoms with van der Waals surface area (Å²) in [6.07, 6.45) is -4.60. The van der Waals surface area contributed by atoms with Crippen molar-refractivity contribution in [2.45, 2.75) is 18.0 Å². The maximum atomic E-state index is 12.7. The van der Waals surface area contributed by atoms with Crippen LogP contribution in [-0.2, 0) is 20.9 Å². The minimum Gasteiger partial charge on any atom is -0.465 e. The zero-order valence-corrected chi connectivity index (χ0v) is 14.0. The molecular formula is C16H14F3NO4S. The molecule has 0 atom stereocenters. The van der Waals surface area contributed by atoms with Crippen LogP contribution in [0.5, 0.6) is 0 Å². The number of methoxy groups -OCH3 is 1. The second-order valence-corrected chi connectivity index (χ2v) is 6.81. The molecule has 2 rings (SSSR count). The van der Waals surface area contributed by atoms with Gasteiger partial charge in [-0.2, -0.15) is 13.2 Å². The van der Waals surface area contributed by atoms with Gasteiger partial charge in [0.1, 0.15) is 0 Å². The van der Waals surface area contributed by atoms with Crippen molar-refractivity contribution in [1.82, 2.24) is 0 Å². The molecule has 0 unspecified atom stereocenters. The smallest absolute Gasteiger partial charge is 0.416 e. The maximum Gasteiger partial charge on any atom is 0.416 e. The summed E-state index contributed by atoms with van der Waals surface area (Å²) in [5.41, 5.74) is -0.880. The standard InChI is InChI=1S/C16H14F3NO4S/c1-10-6-7-11(15(21)24-2)8-14(10)25(22,23)20-13-5-3-4-12(9-13)16(17,18)19/h3-9,20H,1-2H3. The molecule has 0 saturated heterocycles. The van der Waals surface area contributed by atoms with E-state index in [9.17, 15) is 26.4 Å². The number of benzene rings is 2. The Morgan fingerprint density at radius 1 is 1.12 bits per heavy atom. The summed E-state index contributed by atoms with van der Waals surface area (Å²) in [5, 5.41) is 0. The van der Waals surface area contributed by atoms with Crippen LogP contribution in [0, 0.1) is 6.92 Å². The van der Waals surface area contributed by atoms with Gasteiger partial charge in [0.2, 0.25) is 0 Å². The first-order valence-corrected chi connectivity index (χ1v) is 8.42. The van der Waals surface area contributed by atoms with Gasteiger partial charge >= 0.3 is 12.1 Å². The van der Waals surface area contributed by atoms with Gasteiger partial charge in [0.15, 0.2) is 0 Å². The number of aryl methyl sites for hydroxylation is 1. The molecule has 0 aliphatic heterocycles. The minimum absolute atomic E-state index is 0.0116. The first-order valence-electron chi connectivity index (χ1n) is 6.93. The number of anilines is 1. The highest BCUT2D eigenvalue weighted by molar-refractivity contribution is 7.92. The SMILES string of the molecule is COC(=O)c1ccc(C)c(S(=O)(=O)Nc2cccc(C(F)(F)F)c2)c1. The monoisotopic (exact) mass is 373 g/mol.